The first kappa shape index (κ1) is 14.4. The van der Waals surface area contributed by atoms with Gasteiger partial charge in [-0.15, -0.1) is 0 Å². The first-order valence-corrected chi connectivity index (χ1v) is 9.56. The van der Waals surface area contributed by atoms with Crippen molar-refractivity contribution in [1.82, 2.24) is 9.29 Å². The summed E-state index contributed by atoms with van der Waals surface area (Å²) in [6, 6.07) is 1.95. The molecule has 0 spiro atoms. The van der Waals surface area contributed by atoms with Crippen molar-refractivity contribution in [3.63, 3.8) is 0 Å². The van der Waals surface area contributed by atoms with Crippen LogP contribution in [0.1, 0.15) is 37.4 Å². The highest BCUT2D eigenvalue weighted by Crippen LogP contribution is 2.37. The number of aromatic nitrogens is 1. The normalized spacial score (nSPS) is 23.4. The van der Waals surface area contributed by atoms with E-state index in [0.29, 0.717) is 23.5 Å². The third-order valence-corrected chi connectivity index (χ3v) is 6.63. The Morgan fingerprint density at radius 1 is 1.40 bits per heavy atom. The van der Waals surface area contributed by atoms with Crippen LogP contribution in [0.3, 0.4) is 0 Å². The van der Waals surface area contributed by atoms with Crippen LogP contribution in [0.2, 0.25) is 0 Å². The van der Waals surface area contributed by atoms with Gasteiger partial charge in [-0.1, -0.05) is 0 Å². The van der Waals surface area contributed by atoms with E-state index in [1.165, 1.54) is 6.42 Å². The zero-order valence-corrected chi connectivity index (χ0v) is 12.9. The minimum Gasteiger partial charge on any atom is -0.390 e. The number of rotatable bonds is 6. The summed E-state index contributed by atoms with van der Waals surface area (Å²) >= 11 is 1.83. The minimum atomic E-state index is -3.46. The van der Waals surface area contributed by atoms with Gasteiger partial charge in [0.25, 0.3) is 0 Å². The van der Waals surface area contributed by atoms with Gasteiger partial charge in [0.05, 0.1) is 11.5 Å². The predicted molar refractivity (Wildman–Crippen MR) is 79.3 cm³/mol. The van der Waals surface area contributed by atoms with E-state index < -0.39 is 10.0 Å². The lowest BCUT2D eigenvalue weighted by Crippen LogP contribution is -2.29. The van der Waals surface area contributed by atoms with E-state index in [1.807, 2.05) is 16.3 Å². The molecule has 7 heteroatoms. The molecule has 0 radical (unpaired) electrons. The zero-order chi connectivity index (χ0) is 14.2. The van der Waals surface area contributed by atoms with E-state index in [0.717, 1.165) is 25.0 Å². The molecule has 2 aliphatic rings. The van der Waals surface area contributed by atoms with E-state index in [1.54, 1.807) is 12.3 Å². The molecule has 3 rings (SSSR count). The van der Waals surface area contributed by atoms with Crippen LogP contribution in [0.4, 0.5) is 0 Å². The molecule has 1 aromatic rings. The molecule has 2 fully saturated rings. The topological polar surface area (TPSA) is 71.3 Å². The molecule has 112 valence electrons. The first-order chi connectivity index (χ1) is 9.60. The molecule has 1 aromatic heterocycles. The van der Waals surface area contributed by atoms with Crippen molar-refractivity contribution in [3.05, 3.63) is 18.0 Å². The zero-order valence-electron chi connectivity index (χ0n) is 11.3. The maximum absolute atomic E-state index is 12.3. The maximum Gasteiger partial charge on any atom is 0.242 e. The second-order valence-electron chi connectivity index (χ2n) is 5.45. The van der Waals surface area contributed by atoms with Gasteiger partial charge >= 0.3 is 0 Å². The third kappa shape index (κ3) is 3.05. The van der Waals surface area contributed by atoms with Crippen LogP contribution in [0.5, 0.6) is 0 Å². The molecule has 1 aliphatic heterocycles. The fraction of sp³-hybridized carbons (Fsp3) is 0.692. The SMILES string of the molecule is O=S(=O)(NCC1CCCS1)c1cc(CO)n(C2CC2)c1. The summed E-state index contributed by atoms with van der Waals surface area (Å²) in [6.07, 6.45) is 6.04. The number of hydrogen-bond acceptors (Lipinski definition) is 4. The lowest BCUT2D eigenvalue weighted by Gasteiger charge is -2.09. The van der Waals surface area contributed by atoms with E-state index >= 15 is 0 Å². The molecule has 1 atom stereocenters. The Balaban J connectivity index is 1.72. The number of aliphatic hydroxyl groups excluding tert-OH is 1. The van der Waals surface area contributed by atoms with Gasteiger partial charge in [-0.2, -0.15) is 11.8 Å². The Kier molecular flexibility index (Phi) is 4.12. The standard InChI is InChI=1S/C13H20N2O3S2/c16-9-11-6-13(8-15(11)10-3-4-10)20(17,18)14-7-12-2-1-5-19-12/h6,8,10,12,14,16H,1-5,7,9H2. The summed E-state index contributed by atoms with van der Waals surface area (Å²) in [4.78, 5) is 0.274. The third-order valence-electron chi connectivity index (χ3n) is 3.84. The van der Waals surface area contributed by atoms with Crippen LogP contribution in [-0.2, 0) is 16.6 Å². The number of sulfonamides is 1. The monoisotopic (exact) mass is 316 g/mol. The van der Waals surface area contributed by atoms with Gasteiger partial charge in [-0.25, -0.2) is 13.1 Å². The molecule has 1 aliphatic carbocycles. The quantitative estimate of drug-likeness (QED) is 0.834. The van der Waals surface area contributed by atoms with Crippen molar-refractivity contribution in [3.8, 4) is 0 Å². The number of aliphatic hydroxyl groups is 1. The van der Waals surface area contributed by atoms with Crippen molar-refractivity contribution < 1.29 is 13.5 Å². The van der Waals surface area contributed by atoms with Gasteiger partial charge in [0.15, 0.2) is 0 Å². The summed E-state index contributed by atoms with van der Waals surface area (Å²) in [7, 11) is -3.46. The van der Waals surface area contributed by atoms with E-state index in [-0.39, 0.29) is 11.5 Å². The lowest BCUT2D eigenvalue weighted by atomic mass is 10.2. The molecule has 2 heterocycles. The number of thioether (sulfide) groups is 1. The Bertz CT molecular complexity index is 572. The summed E-state index contributed by atoms with van der Waals surface area (Å²) in [5.41, 5.74) is 0.683. The fourth-order valence-corrected chi connectivity index (χ4v) is 4.99. The smallest absolute Gasteiger partial charge is 0.242 e. The summed E-state index contributed by atoms with van der Waals surface area (Å²) in [5, 5.41) is 9.73. The number of nitrogens with one attached hydrogen (secondary N) is 1. The second-order valence-corrected chi connectivity index (χ2v) is 8.63. The lowest BCUT2D eigenvalue weighted by molar-refractivity contribution is 0.270. The molecule has 1 saturated carbocycles. The molecule has 2 N–H and O–H groups in total. The average Bonchev–Trinajstić information content (AvgIpc) is 2.98. The van der Waals surface area contributed by atoms with Gasteiger partial charge in [0.1, 0.15) is 0 Å². The van der Waals surface area contributed by atoms with Gasteiger partial charge in [-0.05, 0) is 37.5 Å². The molecule has 0 aromatic carbocycles. The van der Waals surface area contributed by atoms with Crippen LogP contribution in [0, 0.1) is 0 Å². The van der Waals surface area contributed by atoms with Crippen molar-refractivity contribution in [2.75, 3.05) is 12.3 Å². The molecule has 1 saturated heterocycles. The average molecular weight is 316 g/mol. The van der Waals surface area contributed by atoms with Crippen molar-refractivity contribution in [2.24, 2.45) is 0 Å². The predicted octanol–water partition coefficient (Wildman–Crippen LogP) is 1.49. The molecule has 5 nitrogen and oxygen atoms in total. The summed E-state index contributed by atoms with van der Waals surface area (Å²) in [5.74, 6) is 1.12. The Morgan fingerprint density at radius 2 is 2.20 bits per heavy atom. The maximum atomic E-state index is 12.3. The van der Waals surface area contributed by atoms with Crippen molar-refractivity contribution in [1.29, 1.82) is 0 Å². The molecule has 20 heavy (non-hydrogen) atoms. The number of nitrogens with zero attached hydrogens (tertiary/aromatic N) is 1. The highest BCUT2D eigenvalue weighted by Gasteiger charge is 2.28. The molecular formula is C13H20N2O3S2. The van der Waals surface area contributed by atoms with Gasteiger partial charge in [0.2, 0.25) is 10.0 Å². The highest BCUT2D eigenvalue weighted by atomic mass is 32.2. The second kappa shape index (κ2) is 5.71. The van der Waals surface area contributed by atoms with Gasteiger partial charge in [0, 0.05) is 29.7 Å². The summed E-state index contributed by atoms with van der Waals surface area (Å²) < 4.78 is 29.2. The van der Waals surface area contributed by atoms with E-state index in [9.17, 15) is 13.5 Å². The van der Waals surface area contributed by atoms with E-state index in [2.05, 4.69) is 4.72 Å². The highest BCUT2D eigenvalue weighted by molar-refractivity contribution is 8.00. The Hall–Kier alpha value is -0.500. The van der Waals surface area contributed by atoms with Crippen molar-refractivity contribution in [2.45, 2.75) is 48.5 Å². The minimum absolute atomic E-state index is 0.121. The van der Waals surface area contributed by atoms with Crippen LogP contribution in [0.15, 0.2) is 17.2 Å². The van der Waals surface area contributed by atoms with E-state index in [4.69, 9.17) is 0 Å². The molecular weight excluding hydrogens is 296 g/mol. The van der Waals surface area contributed by atoms with Gasteiger partial charge < -0.3 is 9.67 Å². The van der Waals surface area contributed by atoms with Crippen LogP contribution in [0.25, 0.3) is 0 Å². The largest absolute Gasteiger partial charge is 0.390 e. The number of hydrogen-bond donors (Lipinski definition) is 2. The van der Waals surface area contributed by atoms with Crippen LogP contribution < -0.4 is 4.72 Å². The fourth-order valence-electron chi connectivity index (χ4n) is 2.55. The summed E-state index contributed by atoms with van der Waals surface area (Å²) in [6.45, 7) is 0.376. The Morgan fingerprint density at radius 3 is 2.80 bits per heavy atom. The van der Waals surface area contributed by atoms with Gasteiger partial charge in [-0.3, -0.25) is 0 Å². The molecule has 0 bridgehead atoms. The molecule has 0 amide bonds. The first-order valence-electron chi connectivity index (χ1n) is 7.03. The van der Waals surface area contributed by atoms with Crippen LogP contribution in [-0.4, -0.2) is 35.6 Å². The van der Waals surface area contributed by atoms with Crippen molar-refractivity contribution >= 4 is 21.8 Å². The molecule has 1 unspecified atom stereocenters. The Labute approximate surface area is 123 Å². The van der Waals surface area contributed by atoms with Crippen LogP contribution >= 0.6 is 11.8 Å².